The van der Waals surface area contributed by atoms with E-state index in [4.69, 9.17) is 13.7 Å². The Morgan fingerprint density at radius 3 is 2.54 bits per heavy atom. The quantitative estimate of drug-likeness (QED) is 0.770. The third-order valence-corrected chi connectivity index (χ3v) is 4.61. The zero-order chi connectivity index (χ0) is 18.1. The Hall–Kier alpha value is -2.51. The Bertz CT molecular complexity index is 864. The van der Waals surface area contributed by atoms with E-state index >= 15 is 0 Å². The first-order valence-electron chi connectivity index (χ1n) is 8.93. The number of benzene rings is 1. The minimum absolute atomic E-state index is 0.237. The third kappa shape index (κ3) is 3.40. The minimum Gasteiger partial charge on any atom is -0.415 e. The van der Waals surface area contributed by atoms with Crippen LogP contribution >= 0.6 is 0 Å². The molecule has 3 atom stereocenters. The van der Waals surface area contributed by atoms with Crippen molar-refractivity contribution in [2.75, 3.05) is 13.1 Å². The van der Waals surface area contributed by atoms with Gasteiger partial charge in [-0.2, -0.15) is 0 Å². The van der Waals surface area contributed by atoms with E-state index in [0.29, 0.717) is 24.1 Å². The molecule has 1 aliphatic heterocycles. The molecule has 1 unspecified atom stereocenters. The molecular formula is C19H23N4O3+. The zero-order valence-electron chi connectivity index (χ0n) is 15.2. The molecule has 1 aliphatic rings. The second kappa shape index (κ2) is 7.01. The molecule has 136 valence electrons. The molecule has 0 radical (unpaired) electrons. The molecule has 1 aromatic carbocycles. The molecule has 3 aromatic rings. The maximum absolute atomic E-state index is 5.96. The summed E-state index contributed by atoms with van der Waals surface area (Å²) in [6.45, 7) is 8.61. The van der Waals surface area contributed by atoms with Crippen LogP contribution in [-0.2, 0) is 11.3 Å². The Kier molecular flexibility index (Phi) is 4.57. The van der Waals surface area contributed by atoms with Crippen molar-refractivity contribution in [3.8, 4) is 22.7 Å². The van der Waals surface area contributed by atoms with Crippen LogP contribution in [0.4, 0.5) is 0 Å². The van der Waals surface area contributed by atoms with Gasteiger partial charge in [-0.05, 0) is 20.8 Å². The summed E-state index contributed by atoms with van der Waals surface area (Å²) in [4.78, 5) is 1.39. The summed E-state index contributed by atoms with van der Waals surface area (Å²) in [7, 11) is 0. The molecule has 7 nitrogen and oxygen atoms in total. The van der Waals surface area contributed by atoms with Crippen LogP contribution in [0.1, 0.15) is 25.5 Å². The fraction of sp³-hybridized carbons (Fsp3) is 0.421. The van der Waals surface area contributed by atoms with E-state index in [1.165, 1.54) is 4.90 Å². The lowest BCUT2D eigenvalue weighted by Gasteiger charge is -2.31. The van der Waals surface area contributed by atoms with Gasteiger partial charge in [0.2, 0.25) is 0 Å². The van der Waals surface area contributed by atoms with E-state index in [1.54, 1.807) is 0 Å². The van der Waals surface area contributed by atoms with Crippen LogP contribution in [0.2, 0.25) is 0 Å². The fourth-order valence-corrected chi connectivity index (χ4v) is 3.59. The highest BCUT2D eigenvalue weighted by Crippen LogP contribution is 2.33. The first kappa shape index (κ1) is 16.9. The molecule has 1 saturated heterocycles. The Labute approximate surface area is 152 Å². The van der Waals surface area contributed by atoms with Crippen LogP contribution in [0.3, 0.4) is 0 Å². The first-order chi connectivity index (χ1) is 12.6. The number of aromatic nitrogens is 3. The summed E-state index contributed by atoms with van der Waals surface area (Å²) in [5.74, 6) is 1.74. The highest BCUT2D eigenvalue weighted by Gasteiger charge is 2.28. The van der Waals surface area contributed by atoms with Gasteiger partial charge >= 0.3 is 0 Å². The number of nitrogens with one attached hydrogen (secondary N) is 1. The predicted molar refractivity (Wildman–Crippen MR) is 94.4 cm³/mol. The van der Waals surface area contributed by atoms with E-state index in [1.807, 2.05) is 37.3 Å². The second-order valence-electron chi connectivity index (χ2n) is 6.92. The van der Waals surface area contributed by atoms with Crippen molar-refractivity contribution in [3.63, 3.8) is 0 Å². The molecule has 1 fully saturated rings. The summed E-state index contributed by atoms with van der Waals surface area (Å²) in [5, 5.41) is 12.7. The van der Waals surface area contributed by atoms with Gasteiger partial charge in [-0.15, -0.1) is 10.2 Å². The minimum atomic E-state index is 0.237. The van der Waals surface area contributed by atoms with Gasteiger partial charge in [-0.3, -0.25) is 0 Å². The average molecular weight is 355 g/mol. The normalized spacial score (nSPS) is 23.3. The van der Waals surface area contributed by atoms with Crippen LogP contribution in [0, 0.1) is 6.92 Å². The number of rotatable bonds is 4. The molecule has 1 N–H and O–H groups in total. The molecule has 0 amide bonds. The van der Waals surface area contributed by atoms with Crippen molar-refractivity contribution in [2.24, 2.45) is 0 Å². The molecule has 2 aromatic heterocycles. The summed E-state index contributed by atoms with van der Waals surface area (Å²) >= 11 is 0. The summed E-state index contributed by atoms with van der Waals surface area (Å²) < 4.78 is 17.1. The lowest BCUT2D eigenvalue weighted by molar-refractivity contribution is -0.929. The molecule has 0 aliphatic carbocycles. The van der Waals surface area contributed by atoms with Gasteiger partial charge < -0.3 is 18.6 Å². The molecule has 7 heteroatoms. The summed E-state index contributed by atoms with van der Waals surface area (Å²) in [5.41, 5.74) is 2.44. The molecule has 4 rings (SSSR count). The molecule has 0 spiro atoms. The van der Waals surface area contributed by atoms with Crippen LogP contribution in [0.15, 0.2) is 39.3 Å². The standard InChI is InChI=1S/C19H22N4O3/c1-12-9-23(10-13(2)24-12)11-16-20-21-19(25-16)17-14(3)26-22-18(17)15-7-5-4-6-8-15/h4-8,12-13H,9-11H2,1-3H3/p+1/t12-,13+. The van der Waals surface area contributed by atoms with Crippen molar-refractivity contribution >= 4 is 0 Å². The number of nitrogens with zero attached hydrogens (tertiary/aromatic N) is 3. The van der Waals surface area contributed by atoms with Gasteiger partial charge in [0.25, 0.3) is 11.8 Å². The van der Waals surface area contributed by atoms with Crippen LogP contribution in [0.25, 0.3) is 22.7 Å². The summed E-state index contributed by atoms with van der Waals surface area (Å²) in [6, 6.07) is 9.87. The highest BCUT2D eigenvalue weighted by molar-refractivity contribution is 5.77. The Balaban J connectivity index is 1.58. The first-order valence-corrected chi connectivity index (χ1v) is 8.93. The Morgan fingerprint density at radius 1 is 1.08 bits per heavy atom. The van der Waals surface area contributed by atoms with Crippen molar-refractivity contribution in [3.05, 3.63) is 42.0 Å². The third-order valence-electron chi connectivity index (χ3n) is 4.61. The van der Waals surface area contributed by atoms with E-state index in [0.717, 1.165) is 29.9 Å². The van der Waals surface area contributed by atoms with Crippen molar-refractivity contribution < 1.29 is 18.6 Å². The Morgan fingerprint density at radius 2 is 1.81 bits per heavy atom. The predicted octanol–water partition coefficient (Wildman–Crippen LogP) is 1.89. The number of hydrogen-bond acceptors (Lipinski definition) is 6. The number of aryl methyl sites for hydroxylation is 1. The van der Waals surface area contributed by atoms with Crippen molar-refractivity contribution in [1.82, 2.24) is 15.4 Å². The van der Waals surface area contributed by atoms with Gasteiger partial charge in [-0.1, -0.05) is 35.5 Å². The van der Waals surface area contributed by atoms with Gasteiger partial charge in [0.15, 0.2) is 6.54 Å². The number of morpholine rings is 1. The lowest BCUT2D eigenvalue weighted by Crippen LogP contribution is -3.14. The summed E-state index contributed by atoms with van der Waals surface area (Å²) in [6.07, 6.45) is 0.474. The number of ether oxygens (including phenoxy) is 1. The molecule has 0 bridgehead atoms. The van der Waals surface area contributed by atoms with Crippen LogP contribution in [0.5, 0.6) is 0 Å². The van der Waals surface area contributed by atoms with E-state index in [2.05, 4.69) is 29.2 Å². The van der Waals surface area contributed by atoms with Gasteiger partial charge in [0, 0.05) is 5.56 Å². The highest BCUT2D eigenvalue weighted by atomic mass is 16.5. The smallest absolute Gasteiger partial charge is 0.271 e. The zero-order valence-corrected chi connectivity index (χ0v) is 15.2. The largest absolute Gasteiger partial charge is 0.415 e. The SMILES string of the molecule is Cc1onc(-c2ccccc2)c1-c1nnc(C[NH+]2C[C@@H](C)O[C@@H](C)C2)o1. The molecule has 0 saturated carbocycles. The fourth-order valence-electron chi connectivity index (χ4n) is 3.59. The molecule has 3 heterocycles. The second-order valence-corrected chi connectivity index (χ2v) is 6.92. The average Bonchev–Trinajstić information content (AvgIpc) is 3.21. The van der Waals surface area contributed by atoms with Crippen LogP contribution < -0.4 is 4.90 Å². The van der Waals surface area contributed by atoms with Crippen molar-refractivity contribution in [1.29, 1.82) is 0 Å². The topological polar surface area (TPSA) is 78.6 Å². The number of quaternary nitrogens is 1. The van der Waals surface area contributed by atoms with Crippen LogP contribution in [-0.4, -0.2) is 40.7 Å². The molecule has 26 heavy (non-hydrogen) atoms. The maximum Gasteiger partial charge on any atom is 0.271 e. The molecular weight excluding hydrogens is 332 g/mol. The maximum atomic E-state index is 5.96. The van der Waals surface area contributed by atoms with Crippen molar-refractivity contribution in [2.45, 2.75) is 39.5 Å². The number of hydrogen-bond donors (Lipinski definition) is 1. The lowest BCUT2D eigenvalue weighted by atomic mass is 10.1. The van der Waals surface area contributed by atoms with Gasteiger partial charge in [0.05, 0.1) is 0 Å². The van der Waals surface area contributed by atoms with Gasteiger partial charge in [-0.25, -0.2) is 0 Å². The van der Waals surface area contributed by atoms with E-state index < -0.39 is 0 Å². The monoisotopic (exact) mass is 355 g/mol. The van der Waals surface area contributed by atoms with E-state index in [-0.39, 0.29) is 12.2 Å². The van der Waals surface area contributed by atoms with Gasteiger partial charge in [0.1, 0.15) is 42.3 Å². The van der Waals surface area contributed by atoms with E-state index in [9.17, 15) is 0 Å².